The third kappa shape index (κ3) is 4.67. The van der Waals surface area contributed by atoms with Crippen molar-refractivity contribution < 1.29 is 22.7 Å². The van der Waals surface area contributed by atoms with Gasteiger partial charge in [0.2, 0.25) is 0 Å². The highest BCUT2D eigenvalue weighted by Gasteiger charge is 2.11. The number of ether oxygens (including phenoxy) is 1. The fourth-order valence-electron chi connectivity index (χ4n) is 1.53. The number of rotatable bonds is 5. The second kappa shape index (κ2) is 6.98. The lowest BCUT2D eigenvalue weighted by atomic mass is 10.3. The first-order valence-corrected chi connectivity index (χ1v) is 6.74. The number of halogens is 3. The van der Waals surface area contributed by atoms with Gasteiger partial charge >= 0.3 is 12.6 Å². The molecule has 0 spiro atoms. The number of urea groups is 1. The zero-order valence-electron chi connectivity index (χ0n) is 10.6. The maximum Gasteiger partial charge on any atom is 0.387 e. The SMILES string of the molecule is O=C(NCc1cccs1)Nc1ccc(OC(F)F)c(F)c1. The normalized spacial score (nSPS) is 10.5. The average molecular weight is 316 g/mol. The van der Waals surface area contributed by atoms with Gasteiger partial charge < -0.3 is 15.4 Å². The van der Waals surface area contributed by atoms with Crippen molar-refractivity contribution in [3.05, 3.63) is 46.4 Å². The molecule has 1 aromatic heterocycles. The van der Waals surface area contributed by atoms with Gasteiger partial charge in [0.05, 0.1) is 6.54 Å². The summed E-state index contributed by atoms with van der Waals surface area (Å²) in [7, 11) is 0. The minimum Gasteiger partial charge on any atom is -0.432 e. The maximum absolute atomic E-state index is 13.4. The molecular formula is C13H11F3N2O2S. The molecule has 0 aliphatic rings. The van der Waals surface area contributed by atoms with Crippen LogP contribution in [0.15, 0.2) is 35.7 Å². The van der Waals surface area contributed by atoms with Crippen molar-refractivity contribution in [2.75, 3.05) is 5.32 Å². The molecule has 0 atom stereocenters. The van der Waals surface area contributed by atoms with Crippen LogP contribution in [0.2, 0.25) is 0 Å². The number of carbonyl (C=O) groups excluding carboxylic acids is 1. The van der Waals surface area contributed by atoms with Gasteiger partial charge in [-0.2, -0.15) is 8.78 Å². The summed E-state index contributed by atoms with van der Waals surface area (Å²) >= 11 is 1.49. The Morgan fingerprint density at radius 3 is 2.76 bits per heavy atom. The van der Waals surface area contributed by atoms with Gasteiger partial charge in [0.1, 0.15) is 0 Å². The van der Waals surface area contributed by atoms with Gasteiger partial charge in [-0.15, -0.1) is 11.3 Å². The van der Waals surface area contributed by atoms with E-state index in [-0.39, 0.29) is 5.69 Å². The van der Waals surface area contributed by atoms with E-state index < -0.39 is 24.2 Å². The second-order valence-corrected chi connectivity index (χ2v) is 4.94. The lowest BCUT2D eigenvalue weighted by Gasteiger charge is -2.09. The number of hydrogen-bond acceptors (Lipinski definition) is 3. The molecule has 0 bridgehead atoms. The third-order valence-electron chi connectivity index (χ3n) is 2.41. The van der Waals surface area contributed by atoms with Crippen LogP contribution in [0.1, 0.15) is 4.88 Å². The summed E-state index contributed by atoms with van der Waals surface area (Å²) in [6.45, 7) is -2.76. The van der Waals surface area contributed by atoms with Crippen molar-refractivity contribution in [1.29, 1.82) is 0 Å². The summed E-state index contributed by atoms with van der Waals surface area (Å²) < 4.78 is 41.4. The Morgan fingerprint density at radius 1 is 1.33 bits per heavy atom. The molecule has 0 saturated carbocycles. The fraction of sp³-hybridized carbons (Fsp3) is 0.154. The Hall–Kier alpha value is -2.22. The number of alkyl halides is 2. The molecule has 0 saturated heterocycles. The molecule has 1 aromatic carbocycles. The fourth-order valence-corrected chi connectivity index (χ4v) is 2.17. The van der Waals surface area contributed by atoms with Gasteiger partial charge in [0, 0.05) is 16.6 Å². The van der Waals surface area contributed by atoms with Gasteiger partial charge in [-0.25, -0.2) is 9.18 Å². The average Bonchev–Trinajstić information content (AvgIpc) is 2.92. The number of anilines is 1. The first kappa shape index (κ1) is 15.2. The topological polar surface area (TPSA) is 50.4 Å². The molecule has 21 heavy (non-hydrogen) atoms. The van der Waals surface area contributed by atoms with E-state index in [1.807, 2.05) is 17.5 Å². The van der Waals surface area contributed by atoms with Crippen LogP contribution in [-0.4, -0.2) is 12.6 Å². The van der Waals surface area contributed by atoms with Crippen LogP contribution >= 0.6 is 11.3 Å². The molecule has 0 unspecified atom stereocenters. The number of amides is 2. The van der Waals surface area contributed by atoms with Crippen molar-refractivity contribution in [2.24, 2.45) is 0 Å². The van der Waals surface area contributed by atoms with Gasteiger partial charge in [0.25, 0.3) is 0 Å². The molecule has 2 rings (SSSR count). The largest absolute Gasteiger partial charge is 0.432 e. The van der Waals surface area contributed by atoms with E-state index in [1.54, 1.807) is 0 Å². The highest BCUT2D eigenvalue weighted by atomic mass is 32.1. The van der Waals surface area contributed by atoms with Crippen molar-refractivity contribution in [1.82, 2.24) is 5.32 Å². The Kier molecular flexibility index (Phi) is 5.04. The first-order valence-electron chi connectivity index (χ1n) is 5.86. The Bertz CT molecular complexity index is 605. The molecule has 1 heterocycles. The number of thiophene rings is 1. The predicted octanol–water partition coefficient (Wildman–Crippen LogP) is 3.81. The third-order valence-corrected chi connectivity index (χ3v) is 3.29. The molecule has 2 aromatic rings. The van der Waals surface area contributed by atoms with E-state index in [0.717, 1.165) is 17.0 Å². The summed E-state index contributed by atoms with van der Waals surface area (Å²) in [6.07, 6.45) is 0. The molecule has 2 amide bonds. The van der Waals surface area contributed by atoms with E-state index in [4.69, 9.17) is 0 Å². The Balaban J connectivity index is 1.90. The van der Waals surface area contributed by atoms with Crippen molar-refractivity contribution in [2.45, 2.75) is 13.2 Å². The van der Waals surface area contributed by atoms with Crippen molar-refractivity contribution in [3.8, 4) is 5.75 Å². The number of hydrogen-bond donors (Lipinski definition) is 2. The van der Waals surface area contributed by atoms with Crippen molar-refractivity contribution >= 4 is 23.1 Å². The van der Waals surface area contributed by atoms with E-state index >= 15 is 0 Å². The molecular weight excluding hydrogens is 305 g/mol. The molecule has 2 N–H and O–H groups in total. The van der Waals surface area contributed by atoms with E-state index in [2.05, 4.69) is 15.4 Å². The standard InChI is InChI=1S/C13H11F3N2O2S/c14-10-6-8(3-4-11(10)20-12(15)16)18-13(19)17-7-9-2-1-5-21-9/h1-6,12H,7H2,(H2,17,18,19). The van der Waals surface area contributed by atoms with Gasteiger partial charge in [0.15, 0.2) is 11.6 Å². The summed E-state index contributed by atoms with van der Waals surface area (Å²) in [5, 5.41) is 6.86. The number of nitrogens with one attached hydrogen (secondary N) is 2. The molecule has 0 fully saturated rings. The smallest absolute Gasteiger partial charge is 0.387 e. The van der Waals surface area contributed by atoms with E-state index in [1.165, 1.54) is 17.4 Å². The summed E-state index contributed by atoms with van der Waals surface area (Å²) in [5.41, 5.74) is 0.137. The molecule has 0 aliphatic heterocycles. The quantitative estimate of drug-likeness (QED) is 0.881. The summed E-state index contributed by atoms with van der Waals surface area (Å²) in [5.74, 6) is -1.55. The minimum atomic E-state index is -3.10. The van der Waals surface area contributed by atoms with Gasteiger partial charge in [-0.05, 0) is 23.6 Å². The highest BCUT2D eigenvalue weighted by molar-refractivity contribution is 7.09. The van der Waals surface area contributed by atoms with E-state index in [9.17, 15) is 18.0 Å². The number of benzene rings is 1. The number of carbonyl (C=O) groups is 1. The van der Waals surface area contributed by atoms with Crippen LogP contribution in [0.4, 0.5) is 23.7 Å². The van der Waals surface area contributed by atoms with Crippen molar-refractivity contribution in [3.63, 3.8) is 0 Å². The Morgan fingerprint density at radius 2 is 2.14 bits per heavy atom. The predicted molar refractivity (Wildman–Crippen MR) is 73.2 cm³/mol. The molecule has 112 valence electrons. The van der Waals surface area contributed by atoms with E-state index in [0.29, 0.717) is 6.54 Å². The molecule has 0 radical (unpaired) electrons. The summed E-state index contributed by atoms with van der Waals surface area (Å²) in [4.78, 5) is 12.6. The minimum absolute atomic E-state index is 0.137. The lowest BCUT2D eigenvalue weighted by Crippen LogP contribution is -2.27. The monoisotopic (exact) mass is 316 g/mol. The molecule has 0 aliphatic carbocycles. The van der Waals surface area contributed by atoms with Crippen LogP contribution < -0.4 is 15.4 Å². The lowest BCUT2D eigenvalue weighted by molar-refractivity contribution is -0.0521. The van der Waals surface area contributed by atoms with Crippen LogP contribution in [0.5, 0.6) is 5.75 Å². The summed E-state index contributed by atoms with van der Waals surface area (Å²) in [6, 6.07) is 6.40. The van der Waals surface area contributed by atoms with Gasteiger partial charge in [-0.1, -0.05) is 6.07 Å². The van der Waals surface area contributed by atoms with Crippen LogP contribution in [0, 0.1) is 5.82 Å². The first-order chi connectivity index (χ1) is 10.0. The zero-order valence-corrected chi connectivity index (χ0v) is 11.4. The molecule has 8 heteroatoms. The highest BCUT2D eigenvalue weighted by Crippen LogP contribution is 2.22. The van der Waals surface area contributed by atoms with Crippen LogP contribution in [0.25, 0.3) is 0 Å². The van der Waals surface area contributed by atoms with Gasteiger partial charge in [-0.3, -0.25) is 0 Å². The zero-order chi connectivity index (χ0) is 15.2. The maximum atomic E-state index is 13.4. The van der Waals surface area contributed by atoms with Crippen LogP contribution in [-0.2, 0) is 6.54 Å². The Labute approximate surface area is 122 Å². The second-order valence-electron chi connectivity index (χ2n) is 3.91. The van der Waals surface area contributed by atoms with Crippen LogP contribution in [0.3, 0.4) is 0 Å². The molecule has 4 nitrogen and oxygen atoms in total.